The van der Waals surface area contributed by atoms with E-state index < -0.39 is 41.5 Å². The Hall–Kier alpha value is -3.99. The normalized spacial score (nSPS) is 33.7. The van der Waals surface area contributed by atoms with Crippen LogP contribution in [0.15, 0.2) is 60.8 Å². The van der Waals surface area contributed by atoms with Crippen LogP contribution in [0.2, 0.25) is 0 Å². The minimum Gasteiger partial charge on any atom is -0.361 e. The number of ether oxygens (including phenoxy) is 1. The predicted octanol–water partition coefficient (Wildman–Crippen LogP) is 1.21. The molecule has 234 valence electrons. The molecule has 1 aliphatic carbocycles. The van der Waals surface area contributed by atoms with Gasteiger partial charge in [-0.05, 0) is 35.6 Å². The van der Waals surface area contributed by atoms with Crippen LogP contribution in [0, 0.1) is 11.8 Å². The molecule has 8 rings (SSSR count). The number of rotatable bonds is 5. The summed E-state index contributed by atoms with van der Waals surface area (Å²) in [4.78, 5) is 50.3. The molecule has 2 aromatic carbocycles. The second-order valence-electron chi connectivity index (χ2n) is 13.8. The molecule has 10 nitrogen and oxygen atoms in total. The van der Waals surface area contributed by atoms with Gasteiger partial charge in [0.2, 0.25) is 17.5 Å². The number of aromatic amines is 1. The Morgan fingerprint density at radius 2 is 1.98 bits per heavy atom. The lowest BCUT2D eigenvalue weighted by Gasteiger charge is -2.48. The van der Waals surface area contributed by atoms with E-state index >= 15 is 0 Å². The fourth-order valence-corrected chi connectivity index (χ4v) is 8.60. The molecule has 3 fully saturated rings. The van der Waals surface area contributed by atoms with Crippen molar-refractivity contribution in [3.8, 4) is 0 Å². The predicted molar refractivity (Wildman–Crippen MR) is 166 cm³/mol. The van der Waals surface area contributed by atoms with Crippen LogP contribution < -0.4 is 10.2 Å². The van der Waals surface area contributed by atoms with Gasteiger partial charge in [-0.3, -0.25) is 24.0 Å². The molecule has 5 heterocycles. The van der Waals surface area contributed by atoms with Crippen molar-refractivity contribution >= 4 is 34.2 Å². The van der Waals surface area contributed by atoms with E-state index in [-0.39, 0.29) is 24.3 Å². The van der Waals surface area contributed by atoms with E-state index in [1.165, 1.54) is 20.7 Å². The van der Waals surface area contributed by atoms with Crippen LogP contribution >= 0.6 is 0 Å². The van der Waals surface area contributed by atoms with Gasteiger partial charge in [0, 0.05) is 48.0 Å². The standard InChI is InChI=1S/C35H39N5O5/c1-20(2)34(37-31(41)23-16-25-24-11-7-12-26-30(24)22(18-36-26)17-27(25)38(3)19-23)33(43)40-28(15-21-9-5-4-6-10-21)32(42)39-14-8-13-29(39)35(40,44)45-34/h4-7,9-12,16,18,20,23,27-29,36,44H,8,13-15,17,19H2,1-3H3,(H,37,41)/p+1/t23-,27+,28+,29+,34+,35-/m0/s1. The van der Waals surface area contributed by atoms with E-state index in [1.807, 2.05) is 50.2 Å². The van der Waals surface area contributed by atoms with Gasteiger partial charge in [0.1, 0.15) is 24.0 Å². The van der Waals surface area contributed by atoms with E-state index in [0.717, 1.165) is 28.6 Å². The van der Waals surface area contributed by atoms with Crippen molar-refractivity contribution in [2.45, 2.75) is 69.3 Å². The highest BCUT2D eigenvalue weighted by Gasteiger charge is 2.72. The lowest BCUT2D eigenvalue weighted by molar-refractivity contribution is -0.900. The number of hydrogen-bond acceptors (Lipinski definition) is 5. The van der Waals surface area contributed by atoms with E-state index in [1.54, 1.807) is 4.90 Å². The van der Waals surface area contributed by atoms with Gasteiger partial charge in [-0.1, -0.05) is 62.4 Å². The number of aliphatic hydroxyl groups is 1. The molecule has 5 aliphatic rings. The van der Waals surface area contributed by atoms with Gasteiger partial charge in [0.25, 0.3) is 11.8 Å². The van der Waals surface area contributed by atoms with E-state index in [4.69, 9.17) is 4.74 Å². The van der Waals surface area contributed by atoms with Gasteiger partial charge in [-0.15, -0.1) is 0 Å². The van der Waals surface area contributed by atoms with E-state index in [9.17, 15) is 19.5 Å². The van der Waals surface area contributed by atoms with Gasteiger partial charge < -0.3 is 25.2 Å². The fourth-order valence-electron chi connectivity index (χ4n) is 8.60. The average Bonchev–Trinajstić information content (AvgIpc) is 3.74. The summed E-state index contributed by atoms with van der Waals surface area (Å²) in [6, 6.07) is 14.3. The van der Waals surface area contributed by atoms with Crippen LogP contribution in [0.25, 0.3) is 16.5 Å². The minimum absolute atomic E-state index is 0.197. The second kappa shape index (κ2) is 10.0. The topological polar surface area (TPSA) is 119 Å². The van der Waals surface area contributed by atoms with Crippen LogP contribution in [0.1, 0.15) is 43.4 Å². The van der Waals surface area contributed by atoms with Crippen molar-refractivity contribution < 1.29 is 29.1 Å². The van der Waals surface area contributed by atoms with Crippen LogP contribution in [0.4, 0.5) is 0 Å². The quantitative estimate of drug-likeness (QED) is 0.347. The number of likely N-dealkylation sites (N-methyl/N-ethyl adjacent to an activating group) is 1. The first-order valence-corrected chi connectivity index (χ1v) is 16.2. The zero-order valence-corrected chi connectivity index (χ0v) is 25.9. The summed E-state index contributed by atoms with van der Waals surface area (Å²) in [6.45, 7) is 4.66. The summed E-state index contributed by atoms with van der Waals surface area (Å²) in [5.74, 6) is -4.19. The summed E-state index contributed by atoms with van der Waals surface area (Å²) in [7, 11) is 2.11. The summed E-state index contributed by atoms with van der Waals surface area (Å²) < 4.78 is 6.50. The molecule has 10 heteroatoms. The highest BCUT2D eigenvalue weighted by molar-refractivity contribution is 6.00. The van der Waals surface area contributed by atoms with Crippen molar-refractivity contribution in [2.75, 3.05) is 20.1 Å². The molecule has 0 radical (unpaired) electrons. The maximum atomic E-state index is 14.6. The molecular weight excluding hydrogens is 570 g/mol. The minimum atomic E-state index is -2.06. The van der Waals surface area contributed by atoms with Crippen molar-refractivity contribution in [3.63, 3.8) is 0 Å². The number of aromatic nitrogens is 1. The molecule has 4 aliphatic heterocycles. The molecule has 0 spiro atoms. The molecule has 7 atom stereocenters. The molecule has 0 saturated carbocycles. The number of piperazine rings is 1. The molecule has 3 amide bonds. The van der Waals surface area contributed by atoms with Gasteiger partial charge in [-0.2, -0.15) is 0 Å². The number of nitrogens with zero attached hydrogens (tertiary/aromatic N) is 2. The van der Waals surface area contributed by atoms with Crippen LogP contribution in [-0.4, -0.2) is 87.5 Å². The van der Waals surface area contributed by atoms with Gasteiger partial charge in [-0.25, -0.2) is 0 Å². The smallest absolute Gasteiger partial charge is 0.281 e. The number of carbonyl (C=O) groups excluding carboxylic acids is 3. The number of nitrogens with one attached hydrogen (secondary N) is 3. The summed E-state index contributed by atoms with van der Waals surface area (Å²) in [5.41, 5.74) is 3.69. The van der Waals surface area contributed by atoms with Crippen LogP contribution in [0.3, 0.4) is 0 Å². The SMILES string of the molecule is CC(C)[C@@]1(NC(=O)[C@H]2C=C3c4cccc5[nH]cc(c45)C[C@H]3[NH+](C)C2)O[C@@]2(O)[C@H]3CCCN3C(=O)[C@@H](Cc3ccccc3)N2C1=O. The van der Waals surface area contributed by atoms with Crippen molar-refractivity contribution in [1.29, 1.82) is 0 Å². The maximum absolute atomic E-state index is 14.6. The van der Waals surface area contributed by atoms with Crippen molar-refractivity contribution in [1.82, 2.24) is 20.1 Å². The van der Waals surface area contributed by atoms with Gasteiger partial charge in [0.15, 0.2) is 0 Å². The summed E-state index contributed by atoms with van der Waals surface area (Å²) in [6.07, 6.45) is 6.48. The average molecular weight is 611 g/mol. The third-order valence-electron chi connectivity index (χ3n) is 10.9. The first-order chi connectivity index (χ1) is 21.6. The number of carbonyl (C=O) groups is 3. The molecule has 0 bridgehead atoms. The van der Waals surface area contributed by atoms with E-state index in [0.29, 0.717) is 25.9 Å². The largest absolute Gasteiger partial charge is 0.361 e. The first kappa shape index (κ1) is 28.5. The number of benzene rings is 2. The Balaban J connectivity index is 1.15. The number of amides is 3. The third kappa shape index (κ3) is 4.01. The lowest BCUT2D eigenvalue weighted by atomic mass is 9.79. The molecule has 3 saturated heterocycles. The van der Waals surface area contributed by atoms with Crippen molar-refractivity contribution in [2.24, 2.45) is 11.8 Å². The number of quaternary nitrogens is 1. The zero-order valence-electron chi connectivity index (χ0n) is 25.9. The summed E-state index contributed by atoms with van der Waals surface area (Å²) in [5, 5.41) is 16.5. The second-order valence-corrected chi connectivity index (χ2v) is 13.8. The fraction of sp³-hybridized carbons (Fsp3) is 0.457. The maximum Gasteiger partial charge on any atom is 0.281 e. The van der Waals surface area contributed by atoms with Crippen LogP contribution in [0.5, 0.6) is 0 Å². The van der Waals surface area contributed by atoms with Gasteiger partial charge in [0.05, 0.1) is 13.6 Å². The lowest BCUT2D eigenvalue weighted by Crippen LogP contribution is -3.15. The highest BCUT2D eigenvalue weighted by Crippen LogP contribution is 2.48. The summed E-state index contributed by atoms with van der Waals surface area (Å²) >= 11 is 0. The molecule has 3 aromatic rings. The zero-order chi connectivity index (χ0) is 31.2. The van der Waals surface area contributed by atoms with Gasteiger partial charge >= 0.3 is 0 Å². The Labute approximate surface area is 262 Å². The monoisotopic (exact) mass is 610 g/mol. The van der Waals surface area contributed by atoms with E-state index in [2.05, 4.69) is 41.8 Å². The Morgan fingerprint density at radius 3 is 2.76 bits per heavy atom. The number of H-pyrrole nitrogens is 1. The Kier molecular flexibility index (Phi) is 6.33. The molecule has 4 N–H and O–H groups in total. The number of hydrogen-bond donors (Lipinski definition) is 4. The molecule has 1 unspecified atom stereocenters. The molecule has 45 heavy (non-hydrogen) atoms. The Morgan fingerprint density at radius 1 is 1.18 bits per heavy atom. The number of fused-ring (bicyclic) bond motifs is 5. The van der Waals surface area contributed by atoms with Crippen LogP contribution in [-0.2, 0) is 32.0 Å². The third-order valence-corrected chi connectivity index (χ3v) is 10.9. The molecular formula is C35H40N5O5+. The molecule has 1 aromatic heterocycles. The first-order valence-electron chi connectivity index (χ1n) is 16.2. The highest BCUT2D eigenvalue weighted by atomic mass is 16.7. The van der Waals surface area contributed by atoms with Crippen molar-refractivity contribution in [3.05, 3.63) is 77.5 Å². The Bertz CT molecular complexity index is 1750.